The molecule has 0 amide bonds. The zero-order valence-electron chi connectivity index (χ0n) is 10.0. The van der Waals surface area contributed by atoms with Crippen LogP contribution < -0.4 is 5.32 Å². The highest BCUT2D eigenvalue weighted by molar-refractivity contribution is 7.86. The van der Waals surface area contributed by atoms with Crippen LogP contribution in [-0.4, -0.2) is 57.3 Å². The number of halogens is 1. The molecule has 0 spiro atoms. The van der Waals surface area contributed by atoms with Gasteiger partial charge in [-0.2, -0.15) is 17.0 Å². The van der Waals surface area contributed by atoms with Gasteiger partial charge in [-0.15, -0.1) is 12.4 Å². The van der Waals surface area contributed by atoms with Gasteiger partial charge in [-0.05, 0) is 20.9 Å². The third-order valence-electron chi connectivity index (χ3n) is 2.16. The number of hydrogen-bond donors (Lipinski definition) is 1. The summed E-state index contributed by atoms with van der Waals surface area (Å²) < 4.78 is 26.3. The van der Waals surface area contributed by atoms with Gasteiger partial charge in [0.2, 0.25) is 0 Å². The minimum absolute atomic E-state index is 0. The molecule has 94 valence electrons. The molecule has 0 aliphatic heterocycles. The Kier molecular flexibility index (Phi) is 8.64. The first-order valence-corrected chi connectivity index (χ1v) is 6.07. The Morgan fingerprint density at radius 2 is 1.73 bits per heavy atom. The lowest BCUT2D eigenvalue weighted by Crippen LogP contribution is -2.44. The Balaban J connectivity index is 0. The van der Waals surface area contributed by atoms with E-state index in [-0.39, 0.29) is 18.4 Å². The largest absolute Gasteiger partial charge is 0.318 e. The fourth-order valence-electron chi connectivity index (χ4n) is 0.871. The molecule has 0 aromatic heterocycles. The molecule has 0 atom stereocenters. The van der Waals surface area contributed by atoms with E-state index in [4.69, 9.17) is 0 Å². The predicted molar refractivity (Wildman–Crippen MR) is 65.6 cm³/mol. The maximum atomic E-state index is 11.8. The van der Waals surface area contributed by atoms with Gasteiger partial charge in [-0.25, -0.2) is 0 Å². The van der Waals surface area contributed by atoms with Gasteiger partial charge < -0.3 is 5.32 Å². The summed E-state index contributed by atoms with van der Waals surface area (Å²) in [6.45, 7) is 4.84. The van der Waals surface area contributed by atoms with E-state index in [0.29, 0.717) is 13.1 Å². The molecule has 0 aliphatic rings. The Labute approximate surface area is 99.4 Å². The van der Waals surface area contributed by atoms with Crippen molar-refractivity contribution >= 4 is 22.6 Å². The fraction of sp³-hybridized carbons (Fsp3) is 1.00. The van der Waals surface area contributed by atoms with Crippen LogP contribution >= 0.6 is 12.4 Å². The molecule has 0 heterocycles. The molecule has 0 bridgehead atoms. The van der Waals surface area contributed by atoms with Gasteiger partial charge in [0.15, 0.2) is 0 Å². The smallest absolute Gasteiger partial charge is 0.281 e. The van der Waals surface area contributed by atoms with E-state index >= 15 is 0 Å². The monoisotopic (exact) mass is 259 g/mol. The summed E-state index contributed by atoms with van der Waals surface area (Å²) in [5, 5.41) is 2.91. The van der Waals surface area contributed by atoms with E-state index in [1.807, 2.05) is 13.8 Å². The fourth-order valence-corrected chi connectivity index (χ4v) is 2.17. The second-order valence-corrected chi connectivity index (χ2v) is 5.64. The average molecular weight is 260 g/mol. The molecular formula is C8H22ClN3O2S. The Bertz CT molecular complexity index is 257. The third kappa shape index (κ3) is 5.12. The summed E-state index contributed by atoms with van der Waals surface area (Å²) in [5.74, 6) is 0. The van der Waals surface area contributed by atoms with Crippen molar-refractivity contribution in [2.45, 2.75) is 19.9 Å². The highest BCUT2D eigenvalue weighted by atomic mass is 35.5. The summed E-state index contributed by atoms with van der Waals surface area (Å²) in [5.41, 5.74) is 0. The van der Waals surface area contributed by atoms with Crippen LogP contribution in [-0.2, 0) is 10.2 Å². The Morgan fingerprint density at radius 3 is 2.07 bits per heavy atom. The van der Waals surface area contributed by atoms with Crippen LogP contribution in [0.25, 0.3) is 0 Å². The molecule has 0 saturated heterocycles. The predicted octanol–water partition coefficient (Wildman–Crippen LogP) is 0.144. The summed E-state index contributed by atoms with van der Waals surface area (Å²) in [7, 11) is 1.70. The summed E-state index contributed by atoms with van der Waals surface area (Å²) in [6, 6.07) is -0.0166. The number of likely N-dealkylation sites (N-methyl/N-ethyl adjacent to an activating group) is 2. The summed E-state index contributed by atoms with van der Waals surface area (Å²) in [4.78, 5) is 0. The summed E-state index contributed by atoms with van der Waals surface area (Å²) in [6.07, 6.45) is 0. The van der Waals surface area contributed by atoms with Crippen molar-refractivity contribution in [3.05, 3.63) is 0 Å². The maximum Gasteiger partial charge on any atom is 0.281 e. The minimum atomic E-state index is -3.28. The van der Waals surface area contributed by atoms with Gasteiger partial charge in [0.25, 0.3) is 10.2 Å². The molecule has 1 N–H and O–H groups in total. The average Bonchev–Trinajstić information content (AvgIpc) is 2.12. The molecule has 7 heteroatoms. The number of rotatable bonds is 6. The van der Waals surface area contributed by atoms with Crippen LogP contribution in [0.4, 0.5) is 0 Å². The lowest BCUT2D eigenvalue weighted by Gasteiger charge is -2.26. The zero-order valence-corrected chi connectivity index (χ0v) is 11.7. The highest BCUT2D eigenvalue weighted by Gasteiger charge is 2.24. The van der Waals surface area contributed by atoms with Crippen molar-refractivity contribution in [1.29, 1.82) is 0 Å². The van der Waals surface area contributed by atoms with E-state index in [1.54, 1.807) is 21.1 Å². The molecule has 0 aromatic rings. The topological polar surface area (TPSA) is 52.7 Å². The molecule has 0 aromatic carbocycles. The first-order valence-electron chi connectivity index (χ1n) is 4.68. The van der Waals surface area contributed by atoms with Crippen LogP contribution in [0.3, 0.4) is 0 Å². The number of nitrogens with one attached hydrogen (secondary N) is 1. The SMILES string of the molecule is CNCCN(C)S(=O)(=O)N(C)C(C)C.Cl. The van der Waals surface area contributed by atoms with Crippen molar-refractivity contribution < 1.29 is 8.42 Å². The first kappa shape index (κ1) is 17.5. The van der Waals surface area contributed by atoms with Gasteiger partial charge in [0.1, 0.15) is 0 Å². The standard InChI is InChI=1S/C8H21N3O2S.ClH/c1-8(2)11(5)14(12,13)10(4)7-6-9-3;/h8-9H,6-7H2,1-5H3;1H. The molecule has 0 saturated carbocycles. The number of hydrogen-bond acceptors (Lipinski definition) is 3. The maximum absolute atomic E-state index is 11.8. The molecule has 5 nitrogen and oxygen atoms in total. The van der Waals surface area contributed by atoms with Gasteiger partial charge in [0, 0.05) is 33.2 Å². The zero-order chi connectivity index (χ0) is 11.4. The van der Waals surface area contributed by atoms with Gasteiger partial charge in [-0.3, -0.25) is 0 Å². The van der Waals surface area contributed by atoms with Crippen molar-refractivity contribution in [2.24, 2.45) is 0 Å². The van der Waals surface area contributed by atoms with Gasteiger partial charge in [0.05, 0.1) is 0 Å². The normalized spacial score (nSPS) is 12.3. The molecule has 0 fully saturated rings. The van der Waals surface area contributed by atoms with E-state index in [9.17, 15) is 8.42 Å². The molecule has 15 heavy (non-hydrogen) atoms. The van der Waals surface area contributed by atoms with Crippen molar-refractivity contribution in [1.82, 2.24) is 13.9 Å². The quantitative estimate of drug-likeness (QED) is 0.739. The molecular weight excluding hydrogens is 238 g/mol. The molecule has 0 aliphatic carbocycles. The van der Waals surface area contributed by atoms with Gasteiger partial charge >= 0.3 is 0 Å². The summed E-state index contributed by atoms with van der Waals surface area (Å²) >= 11 is 0. The van der Waals surface area contributed by atoms with Crippen molar-refractivity contribution in [3.63, 3.8) is 0 Å². The lowest BCUT2D eigenvalue weighted by molar-refractivity contribution is 0.357. The van der Waals surface area contributed by atoms with E-state index in [1.165, 1.54) is 8.61 Å². The van der Waals surface area contributed by atoms with Crippen LogP contribution in [0.5, 0.6) is 0 Å². The highest BCUT2D eigenvalue weighted by Crippen LogP contribution is 2.06. The second-order valence-electron chi connectivity index (χ2n) is 3.54. The molecule has 0 rings (SSSR count). The van der Waals surface area contributed by atoms with E-state index in [0.717, 1.165) is 0 Å². The first-order chi connectivity index (χ1) is 6.34. The van der Waals surface area contributed by atoms with Gasteiger partial charge in [-0.1, -0.05) is 0 Å². The second kappa shape index (κ2) is 7.40. The third-order valence-corrected chi connectivity index (χ3v) is 4.28. The number of nitrogens with zero attached hydrogens (tertiary/aromatic N) is 2. The van der Waals surface area contributed by atoms with Crippen molar-refractivity contribution in [2.75, 3.05) is 34.2 Å². The molecule has 0 unspecified atom stereocenters. The van der Waals surface area contributed by atoms with Crippen LogP contribution in [0.1, 0.15) is 13.8 Å². The van der Waals surface area contributed by atoms with Crippen LogP contribution in [0.2, 0.25) is 0 Å². The van der Waals surface area contributed by atoms with E-state index in [2.05, 4.69) is 5.32 Å². The van der Waals surface area contributed by atoms with Crippen LogP contribution in [0, 0.1) is 0 Å². The van der Waals surface area contributed by atoms with Crippen molar-refractivity contribution in [3.8, 4) is 0 Å². The Hall–Kier alpha value is 0.120. The minimum Gasteiger partial charge on any atom is -0.318 e. The molecule has 0 radical (unpaired) electrons. The lowest BCUT2D eigenvalue weighted by atomic mass is 10.4. The van der Waals surface area contributed by atoms with Crippen LogP contribution in [0.15, 0.2) is 0 Å². The van der Waals surface area contributed by atoms with E-state index < -0.39 is 10.2 Å². The Morgan fingerprint density at radius 1 is 1.27 bits per heavy atom.